The number of aromatic nitrogens is 2. The molecule has 0 unspecified atom stereocenters. The molecule has 0 radical (unpaired) electrons. The average molecular weight is 321 g/mol. The highest BCUT2D eigenvalue weighted by atomic mass is 79.9. The van der Waals surface area contributed by atoms with Crippen molar-refractivity contribution in [2.45, 2.75) is 20.4 Å². The lowest BCUT2D eigenvalue weighted by Crippen LogP contribution is -1.97. The van der Waals surface area contributed by atoms with Crippen LogP contribution in [0.5, 0.6) is 0 Å². The molecule has 0 spiro atoms. The van der Waals surface area contributed by atoms with Gasteiger partial charge in [-0.05, 0) is 37.4 Å². The molecule has 4 heteroatoms. The highest BCUT2D eigenvalue weighted by Gasteiger charge is 2.07. The normalized spacial score (nSPS) is 11.3. The Bertz CT molecular complexity index is 692. The predicted molar refractivity (Wildman–Crippen MR) is 80.3 cm³/mol. The molecule has 0 amide bonds. The zero-order chi connectivity index (χ0) is 12.7. The molecule has 18 heavy (non-hydrogen) atoms. The number of aryl methyl sites for hydroxylation is 2. The van der Waals surface area contributed by atoms with Crippen LogP contribution in [0.3, 0.4) is 0 Å². The molecule has 0 aliphatic rings. The third-order valence-corrected chi connectivity index (χ3v) is 4.67. The standard InChI is InChI=1S/C14H13BrN2S/c1-9-10(2)18-14(16-9)8-17-6-5-11-3-4-12(15)7-13(11)17/h3-7H,8H2,1-2H3. The van der Waals surface area contributed by atoms with E-state index in [1.54, 1.807) is 11.3 Å². The summed E-state index contributed by atoms with van der Waals surface area (Å²) < 4.78 is 3.36. The fourth-order valence-electron chi connectivity index (χ4n) is 2.05. The van der Waals surface area contributed by atoms with Crippen molar-refractivity contribution in [3.05, 3.63) is 50.5 Å². The van der Waals surface area contributed by atoms with Crippen LogP contribution in [0.1, 0.15) is 15.6 Å². The lowest BCUT2D eigenvalue weighted by atomic mass is 10.2. The predicted octanol–water partition coefficient (Wildman–Crippen LogP) is 4.53. The number of fused-ring (bicyclic) bond motifs is 1. The van der Waals surface area contributed by atoms with Gasteiger partial charge in [0.2, 0.25) is 0 Å². The van der Waals surface area contributed by atoms with E-state index in [0.717, 1.165) is 16.7 Å². The maximum absolute atomic E-state index is 4.60. The lowest BCUT2D eigenvalue weighted by Gasteiger charge is -2.03. The van der Waals surface area contributed by atoms with Gasteiger partial charge in [-0.2, -0.15) is 0 Å². The molecular formula is C14H13BrN2S. The van der Waals surface area contributed by atoms with E-state index in [-0.39, 0.29) is 0 Å². The Morgan fingerprint density at radius 1 is 1.28 bits per heavy atom. The molecule has 0 aliphatic carbocycles. The van der Waals surface area contributed by atoms with E-state index in [4.69, 9.17) is 0 Å². The molecule has 2 aromatic heterocycles. The van der Waals surface area contributed by atoms with Gasteiger partial charge in [-0.15, -0.1) is 11.3 Å². The van der Waals surface area contributed by atoms with Crippen molar-refractivity contribution in [1.29, 1.82) is 0 Å². The first-order chi connectivity index (χ1) is 8.63. The van der Waals surface area contributed by atoms with Crippen molar-refractivity contribution in [2.24, 2.45) is 0 Å². The maximum Gasteiger partial charge on any atom is 0.113 e. The van der Waals surface area contributed by atoms with E-state index in [1.807, 2.05) is 0 Å². The van der Waals surface area contributed by atoms with Gasteiger partial charge in [0, 0.05) is 21.1 Å². The average Bonchev–Trinajstić information content (AvgIpc) is 2.85. The van der Waals surface area contributed by atoms with Crippen molar-refractivity contribution in [2.75, 3.05) is 0 Å². The van der Waals surface area contributed by atoms with E-state index < -0.39 is 0 Å². The van der Waals surface area contributed by atoms with E-state index in [9.17, 15) is 0 Å². The molecule has 1 aromatic carbocycles. The number of benzene rings is 1. The second-order valence-electron chi connectivity index (χ2n) is 4.40. The minimum absolute atomic E-state index is 0.847. The van der Waals surface area contributed by atoms with Gasteiger partial charge in [0.05, 0.1) is 12.2 Å². The van der Waals surface area contributed by atoms with Gasteiger partial charge >= 0.3 is 0 Å². The summed E-state index contributed by atoms with van der Waals surface area (Å²) in [6.45, 7) is 5.04. The SMILES string of the molecule is Cc1nc(Cn2ccc3ccc(Br)cc32)sc1C. The number of nitrogens with zero attached hydrogens (tertiary/aromatic N) is 2. The molecule has 0 saturated carbocycles. The van der Waals surface area contributed by atoms with E-state index in [2.05, 4.69) is 69.8 Å². The van der Waals surface area contributed by atoms with Gasteiger partial charge < -0.3 is 4.57 Å². The summed E-state index contributed by atoms with van der Waals surface area (Å²) in [5, 5.41) is 2.44. The molecule has 2 nitrogen and oxygen atoms in total. The summed E-state index contributed by atoms with van der Waals surface area (Å²) >= 11 is 5.31. The molecular weight excluding hydrogens is 308 g/mol. The van der Waals surface area contributed by atoms with Crippen LogP contribution < -0.4 is 0 Å². The topological polar surface area (TPSA) is 17.8 Å². The molecule has 0 N–H and O–H groups in total. The zero-order valence-corrected chi connectivity index (χ0v) is 12.7. The van der Waals surface area contributed by atoms with Crippen molar-refractivity contribution in [1.82, 2.24) is 9.55 Å². The van der Waals surface area contributed by atoms with Gasteiger partial charge in [-0.1, -0.05) is 22.0 Å². The Balaban J connectivity index is 2.02. The molecule has 0 fully saturated rings. The first-order valence-corrected chi connectivity index (χ1v) is 7.42. The largest absolute Gasteiger partial charge is 0.341 e. The summed E-state index contributed by atoms with van der Waals surface area (Å²) in [5.74, 6) is 0. The minimum atomic E-state index is 0.847. The Labute approximate surface area is 118 Å². The van der Waals surface area contributed by atoms with E-state index in [0.29, 0.717) is 0 Å². The molecule has 3 aromatic rings. The monoisotopic (exact) mass is 320 g/mol. The summed E-state index contributed by atoms with van der Waals surface area (Å²) in [7, 11) is 0. The third-order valence-electron chi connectivity index (χ3n) is 3.11. The van der Waals surface area contributed by atoms with Crippen LogP contribution in [-0.2, 0) is 6.54 Å². The molecule has 3 rings (SSSR count). The van der Waals surface area contributed by atoms with Crippen molar-refractivity contribution in [3.63, 3.8) is 0 Å². The molecule has 92 valence electrons. The number of rotatable bonds is 2. The van der Waals surface area contributed by atoms with Crippen LogP contribution in [0, 0.1) is 13.8 Å². The lowest BCUT2D eigenvalue weighted by molar-refractivity contribution is 0.824. The van der Waals surface area contributed by atoms with E-state index >= 15 is 0 Å². The fourth-order valence-corrected chi connectivity index (χ4v) is 3.33. The minimum Gasteiger partial charge on any atom is -0.341 e. The van der Waals surface area contributed by atoms with Crippen LogP contribution in [-0.4, -0.2) is 9.55 Å². The Kier molecular flexibility index (Phi) is 2.99. The maximum atomic E-state index is 4.60. The van der Waals surface area contributed by atoms with Crippen LogP contribution in [0.4, 0.5) is 0 Å². The van der Waals surface area contributed by atoms with Gasteiger partial charge in [0.25, 0.3) is 0 Å². The van der Waals surface area contributed by atoms with Gasteiger partial charge in [0.15, 0.2) is 0 Å². The quantitative estimate of drug-likeness (QED) is 0.678. The first kappa shape index (κ1) is 11.9. The van der Waals surface area contributed by atoms with Crippen LogP contribution in [0.25, 0.3) is 10.9 Å². The van der Waals surface area contributed by atoms with Gasteiger partial charge in [-0.25, -0.2) is 4.98 Å². The van der Waals surface area contributed by atoms with E-state index in [1.165, 1.54) is 20.8 Å². The second kappa shape index (κ2) is 4.52. The molecule has 0 atom stereocenters. The number of hydrogen-bond acceptors (Lipinski definition) is 2. The molecule has 0 saturated heterocycles. The van der Waals surface area contributed by atoms with Crippen molar-refractivity contribution >= 4 is 38.2 Å². The highest BCUT2D eigenvalue weighted by molar-refractivity contribution is 9.10. The summed E-state index contributed by atoms with van der Waals surface area (Å²) in [4.78, 5) is 5.91. The van der Waals surface area contributed by atoms with Crippen LogP contribution in [0.2, 0.25) is 0 Å². The Hall–Kier alpha value is -1.13. The first-order valence-electron chi connectivity index (χ1n) is 5.81. The number of thiazole rings is 1. The smallest absolute Gasteiger partial charge is 0.113 e. The Morgan fingerprint density at radius 3 is 2.83 bits per heavy atom. The van der Waals surface area contributed by atoms with Crippen LogP contribution in [0.15, 0.2) is 34.9 Å². The highest BCUT2D eigenvalue weighted by Crippen LogP contribution is 2.23. The zero-order valence-electron chi connectivity index (χ0n) is 10.3. The number of hydrogen-bond donors (Lipinski definition) is 0. The van der Waals surface area contributed by atoms with Crippen molar-refractivity contribution in [3.8, 4) is 0 Å². The third kappa shape index (κ3) is 2.10. The molecule has 0 aliphatic heterocycles. The Morgan fingerprint density at radius 2 is 2.11 bits per heavy atom. The van der Waals surface area contributed by atoms with Crippen molar-refractivity contribution < 1.29 is 0 Å². The summed E-state index contributed by atoms with van der Waals surface area (Å²) in [6.07, 6.45) is 2.13. The summed E-state index contributed by atoms with van der Waals surface area (Å²) in [5.41, 5.74) is 2.39. The summed E-state index contributed by atoms with van der Waals surface area (Å²) in [6, 6.07) is 8.51. The number of halogens is 1. The van der Waals surface area contributed by atoms with Crippen LogP contribution >= 0.6 is 27.3 Å². The molecule has 2 heterocycles. The van der Waals surface area contributed by atoms with Gasteiger partial charge in [-0.3, -0.25) is 0 Å². The molecule has 0 bridgehead atoms. The fraction of sp³-hybridized carbons (Fsp3) is 0.214. The second-order valence-corrected chi connectivity index (χ2v) is 6.60. The van der Waals surface area contributed by atoms with Gasteiger partial charge in [0.1, 0.15) is 5.01 Å².